The van der Waals surface area contributed by atoms with Crippen LogP contribution in [0.1, 0.15) is 5.69 Å². The zero-order valence-corrected chi connectivity index (χ0v) is 7.51. The maximum Gasteiger partial charge on any atom is 0.227 e. The first-order valence-electron chi connectivity index (χ1n) is 3.11. The normalized spacial score (nSPS) is 11.9. The summed E-state index contributed by atoms with van der Waals surface area (Å²) in [6.45, 7) is 1.76. The molecule has 0 amide bonds. The van der Waals surface area contributed by atoms with Crippen LogP contribution in [0.2, 0.25) is 0 Å². The second-order valence-electron chi connectivity index (χ2n) is 2.55. The number of rotatable bonds is 1. The van der Waals surface area contributed by atoms with Crippen molar-refractivity contribution in [3.63, 3.8) is 0 Å². The van der Waals surface area contributed by atoms with Gasteiger partial charge in [-0.2, -0.15) is 0 Å². The number of aryl methyl sites for hydroxylation is 2. The van der Waals surface area contributed by atoms with Gasteiger partial charge in [0.2, 0.25) is 15.0 Å². The molecule has 1 aromatic heterocycles. The zero-order valence-electron chi connectivity index (χ0n) is 6.70. The number of aromatic nitrogens is 2. The van der Waals surface area contributed by atoms with Gasteiger partial charge in [0.1, 0.15) is 0 Å². The van der Waals surface area contributed by atoms with E-state index in [0.717, 1.165) is 6.26 Å². The number of nitrogens with zero attached hydrogens (tertiary/aromatic N) is 2. The quantitative estimate of drug-likeness (QED) is 0.608. The molecule has 1 aromatic rings. The summed E-state index contributed by atoms with van der Waals surface area (Å²) >= 11 is 0. The summed E-state index contributed by atoms with van der Waals surface area (Å²) in [6, 6.07) is 0. The maximum absolute atomic E-state index is 11.0. The molecule has 4 nitrogen and oxygen atoms in total. The van der Waals surface area contributed by atoms with E-state index in [1.807, 2.05) is 0 Å². The molecule has 0 aliphatic heterocycles. The van der Waals surface area contributed by atoms with Crippen molar-refractivity contribution >= 4 is 9.84 Å². The molecule has 62 valence electrons. The highest BCUT2D eigenvalue weighted by molar-refractivity contribution is 7.90. The highest BCUT2D eigenvalue weighted by Gasteiger charge is 2.13. The average Bonchev–Trinajstić information content (AvgIpc) is 2.08. The monoisotopic (exact) mass is 174 g/mol. The van der Waals surface area contributed by atoms with Gasteiger partial charge < -0.3 is 4.57 Å². The first kappa shape index (κ1) is 8.26. The van der Waals surface area contributed by atoms with Gasteiger partial charge in [0, 0.05) is 19.5 Å². The molecule has 0 aliphatic rings. The fraction of sp³-hybridized carbons (Fsp3) is 0.500. The van der Waals surface area contributed by atoms with Gasteiger partial charge >= 0.3 is 0 Å². The summed E-state index contributed by atoms with van der Waals surface area (Å²) in [6.07, 6.45) is 2.82. The van der Waals surface area contributed by atoms with Crippen LogP contribution < -0.4 is 0 Å². The van der Waals surface area contributed by atoms with E-state index < -0.39 is 9.84 Å². The van der Waals surface area contributed by atoms with Crippen LogP contribution in [0.15, 0.2) is 11.4 Å². The standard InChI is InChI=1S/C6H10N2O2S/c1-5-4-8(2)6(7-5)11(3,9)10/h4H,1-3H3. The molecule has 11 heavy (non-hydrogen) atoms. The lowest BCUT2D eigenvalue weighted by Gasteiger charge is -1.95. The summed E-state index contributed by atoms with van der Waals surface area (Å²) in [5.74, 6) is 0. The van der Waals surface area contributed by atoms with Crippen LogP contribution in [0.25, 0.3) is 0 Å². The zero-order chi connectivity index (χ0) is 8.65. The second-order valence-corrected chi connectivity index (χ2v) is 4.46. The van der Waals surface area contributed by atoms with Crippen LogP contribution in [-0.4, -0.2) is 24.2 Å². The summed E-state index contributed by atoms with van der Waals surface area (Å²) in [5.41, 5.74) is 0.716. The average molecular weight is 174 g/mol. The molecule has 0 radical (unpaired) electrons. The maximum atomic E-state index is 11.0. The number of hydrogen-bond donors (Lipinski definition) is 0. The van der Waals surface area contributed by atoms with E-state index in [1.165, 1.54) is 4.57 Å². The molecular weight excluding hydrogens is 164 g/mol. The van der Waals surface area contributed by atoms with Gasteiger partial charge in [0.25, 0.3) is 0 Å². The van der Waals surface area contributed by atoms with Crippen molar-refractivity contribution in [3.05, 3.63) is 11.9 Å². The molecule has 0 spiro atoms. The van der Waals surface area contributed by atoms with Crippen molar-refractivity contribution in [2.24, 2.45) is 7.05 Å². The minimum absolute atomic E-state index is 0.120. The Balaban J connectivity index is 3.36. The minimum Gasteiger partial charge on any atom is -0.325 e. The second kappa shape index (κ2) is 2.34. The fourth-order valence-corrected chi connectivity index (χ4v) is 1.82. The molecule has 0 atom stereocenters. The molecule has 1 heterocycles. The summed E-state index contributed by atoms with van der Waals surface area (Å²) in [4.78, 5) is 3.86. The molecule has 0 aliphatic carbocycles. The Bertz CT molecular complexity index is 364. The molecule has 0 N–H and O–H groups in total. The van der Waals surface area contributed by atoms with Crippen molar-refractivity contribution in [2.75, 3.05) is 6.26 Å². The van der Waals surface area contributed by atoms with Crippen LogP contribution in [0.3, 0.4) is 0 Å². The van der Waals surface area contributed by atoms with E-state index in [-0.39, 0.29) is 5.16 Å². The van der Waals surface area contributed by atoms with Gasteiger partial charge in [-0.05, 0) is 6.92 Å². The molecule has 0 saturated carbocycles. The van der Waals surface area contributed by atoms with E-state index in [4.69, 9.17) is 0 Å². The number of hydrogen-bond acceptors (Lipinski definition) is 3. The Morgan fingerprint density at radius 2 is 2.09 bits per heavy atom. The van der Waals surface area contributed by atoms with Crippen molar-refractivity contribution < 1.29 is 8.42 Å². The van der Waals surface area contributed by atoms with Gasteiger partial charge in [0.05, 0.1) is 5.69 Å². The molecule has 5 heteroatoms. The van der Waals surface area contributed by atoms with Gasteiger partial charge in [-0.3, -0.25) is 0 Å². The van der Waals surface area contributed by atoms with Crippen LogP contribution in [0, 0.1) is 6.92 Å². The van der Waals surface area contributed by atoms with E-state index in [0.29, 0.717) is 5.69 Å². The molecule has 0 bridgehead atoms. The van der Waals surface area contributed by atoms with Crippen molar-refractivity contribution in [1.29, 1.82) is 0 Å². The third-order valence-corrected chi connectivity index (χ3v) is 2.33. The first-order chi connectivity index (χ1) is 4.91. The predicted molar refractivity (Wildman–Crippen MR) is 41.1 cm³/mol. The van der Waals surface area contributed by atoms with Crippen LogP contribution in [-0.2, 0) is 16.9 Å². The van der Waals surface area contributed by atoms with E-state index in [1.54, 1.807) is 20.2 Å². The van der Waals surface area contributed by atoms with Crippen LogP contribution in [0.4, 0.5) is 0 Å². The van der Waals surface area contributed by atoms with Crippen molar-refractivity contribution in [3.8, 4) is 0 Å². The highest BCUT2D eigenvalue weighted by Crippen LogP contribution is 2.06. The first-order valence-corrected chi connectivity index (χ1v) is 5.00. The molecule has 1 rings (SSSR count). The van der Waals surface area contributed by atoms with Gasteiger partial charge in [-0.15, -0.1) is 0 Å². The van der Waals surface area contributed by atoms with E-state index >= 15 is 0 Å². The molecule has 0 unspecified atom stereocenters. The van der Waals surface area contributed by atoms with E-state index in [9.17, 15) is 8.42 Å². The fourth-order valence-electron chi connectivity index (χ4n) is 0.939. The summed E-state index contributed by atoms with van der Waals surface area (Å²) in [7, 11) is -1.50. The Morgan fingerprint density at radius 3 is 2.27 bits per heavy atom. The Labute approximate surface area is 65.8 Å². The van der Waals surface area contributed by atoms with Gasteiger partial charge in [-0.1, -0.05) is 0 Å². The largest absolute Gasteiger partial charge is 0.325 e. The van der Waals surface area contributed by atoms with Gasteiger partial charge in [-0.25, -0.2) is 13.4 Å². The Hall–Kier alpha value is -0.840. The summed E-state index contributed by atoms with van der Waals surface area (Å²) in [5, 5.41) is 0.120. The highest BCUT2D eigenvalue weighted by atomic mass is 32.2. The van der Waals surface area contributed by atoms with Gasteiger partial charge in [0.15, 0.2) is 0 Å². The molecule has 0 saturated heterocycles. The SMILES string of the molecule is Cc1cn(C)c(S(C)(=O)=O)n1. The third-order valence-electron chi connectivity index (χ3n) is 1.29. The number of sulfone groups is 1. The predicted octanol–water partition coefficient (Wildman–Crippen LogP) is 0.132. The van der Waals surface area contributed by atoms with Crippen LogP contribution >= 0.6 is 0 Å². The van der Waals surface area contributed by atoms with Crippen LogP contribution in [0.5, 0.6) is 0 Å². The topological polar surface area (TPSA) is 52.0 Å². The third kappa shape index (κ3) is 1.59. The van der Waals surface area contributed by atoms with Crippen molar-refractivity contribution in [2.45, 2.75) is 12.1 Å². The lowest BCUT2D eigenvalue weighted by Crippen LogP contribution is -2.05. The molecule has 0 fully saturated rings. The lowest BCUT2D eigenvalue weighted by atomic mass is 10.6. The Morgan fingerprint density at radius 1 is 1.55 bits per heavy atom. The van der Waals surface area contributed by atoms with Crippen molar-refractivity contribution in [1.82, 2.24) is 9.55 Å². The van der Waals surface area contributed by atoms with E-state index in [2.05, 4.69) is 4.98 Å². The summed E-state index contributed by atoms with van der Waals surface area (Å²) < 4.78 is 23.5. The molecule has 0 aromatic carbocycles. The minimum atomic E-state index is -3.16. The number of imidazole rings is 1. The Kier molecular flexibility index (Phi) is 1.75. The smallest absolute Gasteiger partial charge is 0.227 e. The molecular formula is C6H10N2O2S. The lowest BCUT2D eigenvalue weighted by molar-refractivity contribution is 0.585.